The highest BCUT2D eigenvalue weighted by atomic mass is 79.9. The van der Waals surface area contributed by atoms with Gasteiger partial charge in [-0.3, -0.25) is 4.79 Å². The number of hydrogen-bond acceptors (Lipinski definition) is 5. The first-order valence-corrected chi connectivity index (χ1v) is 9.70. The van der Waals surface area contributed by atoms with Gasteiger partial charge in [-0.2, -0.15) is 0 Å². The van der Waals surface area contributed by atoms with Gasteiger partial charge < -0.3 is 14.8 Å². The number of thiazole rings is 1. The molecule has 0 atom stereocenters. The first-order valence-electron chi connectivity index (χ1n) is 7.97. The van der Waals surface area contributed by atoms with E-state index in [2.05, 4.69) is 26.2 Å². The summed E-state index contributed by atoms with van der Waals surface area (Å²) in [7, 11) is 1.51. The lowest BCUT2D eigenvalue weighted by Gasteiger charge is -2.12. The number of nitrogens with zero attached hydrogens (tertiary/aromatic N) is 1. The highest BCUT2D eigenvalue weighted by Crippen LogP contribution is 2.29. The average Bonchev–Trinajstić information content (AvgIpc) is 3.20. The van der Waals surface area contributed by atoms with Gasteiger partial charge in [0.1, 0.15) is 12.4 Å². The number of carbonyl (C=O) groups excluding carboxylic acids is 1. The number of carbonyl (C=O) groups is 1. The second kappa shape index (κ2) is 8.96. The molecule has 27 heavy (non-hydrogen) atoms. The Morgan fingerprint density at radius 3 is 2.85 bits per heavy atom. The third-order valence-electron chi connectivity index (χ3n) is 3.73. The van der Waals surface area contributed by atoms with Gasteiger partial charge in [-0.1, -0.05) is 15.9 Å². The van der Waals surface area contributed by atoms with Crippen LogP contribution in [0.1, 0.15) is 21.6 Å². The summed E-state index contributed by atoms with van der Waals surface area (Å²) in [4.78, 5) is 16.6. The van der Waals surface area contributed by atoms with E-state index in [1.165, 1.54) is 30.6 Å². The summed E-state index contributed by atoms with van der Waals surface area (Å²) in [6, 6.07) is 9.26. The van der Waals surface area contributed by atoms with Crippen molar-refractivity contribution in [2.75, 3.05) is 7.11 Å². The normalized spacial score (nSPS) is 10.5. The van der Waals surface area contributed by atoms with E-state index in [1.54, 1.807) is 29.8 Å². The molecule has 0 spiro atoms. The third kappa shape index (κ3) is 5.05. The Bertz CT molecular complexity index is 935. The van der Waals surface area contributed by atoms with E-state index in [-0.39, 0.29) is 18.3 Å². The van der Waals surface area contributed by atoms with Crippen molar-refractivity contribution in [1.82, 2.24) is 10.3 Å². The van der Waals surface area contributed by atoms with E-state index < -0.39 is 0 Å². The Hall–Kier alpha value is -2.45. The summed E-state index contributed by atoms with van der Waals surface area (Å²) in [6.07, 6.45) is 0. The molecule has 0 aliphatic rings. The maximum Gasteiger partial charge on any atom is 0.251 e. The number of amides is 1. The van der Waals surface area contributed by atoms with Gasteiger partial charge in [0, 0.05) is 22.0 Å². The zero-order valence-corrected chi connectivity index (χ0v) is 16.8. The smallest absolute Gasteiger partial charge is 0.251 e. The lowest BCUT2D eigenvalue weighted by atomic mass is 10.1. The fourth-order valence-electron chi connectivity index (χ4n) is 2.34. The minimum absolute atomic E-state index is 0.196. The van der Waals surface area contributed by atoms with Crippen molar-refractivity contribution in [1.29, 1.82) is 0 Å². The summed E-state index contributed by atoms with van der Waals surface area (Å²) >= 11 is 4.84. The summed E-state index contributed by atoms with van der Waals surface area (Å²) < 4.78 is 25.1. The maximum atomic E-state index is 13.3. The predicted octanol–water partition coefficient (Wildman–Crippen LogP) is 4.56. The van der Waals surface area contributed by atoms with Gasteiger partial charge in [-0.25, -0.2) is 9.37 Å². The van der Waals surface area contributed by atoms with E-state index in [1.807, 2.05) is 5.38 Å². The first-order chi connectivity index (χ1) is 13.1. The molecule has 3 aromatic rings. The number of nitrogens with one attached hydrogen (secondary N) is 1. The van der Waals surface area contributed by atoms with Crippen molar-refractivity contribution in [2.45, 2.75) is 13.2 Å². The Kier molecular flexibility index (Phi) is 6.41. The molecular formula is C19H16BrFN2O3S. The average molecular weight is 451 g/mol. The number of rotatable bonds is 7. The number of halogens is 2. The fourth-order valence-corrected chi connectivity index (χ4v) is 3.27. The highest BCUT2D eigenvalue weighted by Gasteiger charge is 2.12. The molecule has 1 aromatic heterocycles. The van der Waals surface area contributed by atoms with Crippen molar-refractivity contribution in [3.63, 3.8) is 0 Å². The number of benzene rings is 2. The molecule has 0 aliphatic heterocycles. The molecule has 1 amide bonds. The van der Waals surface area contributed by atoms with Crippen LogP contribution in [0.5, 0.6) is 11.5 Å². The molecule has 1 heterocycles. The molecule has 0 bridgehead atoms. The molecule has 0 saturated carbocycles. The van der Waals surface area contributed by atoms with Crippen LogP contribution in [-0.2, 0) is 13.2 Å². The highest BCUT2D eigenvalue weighted by molar-refractivity contribution is 9.10. The second-order valence-corrected chi connectivity index (χ2v) is 7.13. The van der Waals surface area contributed by atoms with Gasteiger partial charge in [-0.05, 0) is 42.0 Å². The third-order valence-corrected chi connectivity index (χ3v) is 5.14. The lowest BCUT2D eigenvalue weighted by molar-refractivity contribution is 0.0950. The largest absolute Gasteiger partial charge is 0.493 e. The monoisotopic (exact) mass is 450 g/mol. The van der Waals surface area contributed by atoms with Crippen LogP contribution >= 0.6 is 27.3 Å². The summed E-state index contributed by atoms with van der Waals surface area (Å²) in [5, 5.41) is 4.67. The van der Waals surface area contributed by atoms with Gasteiger partial charge in [0.05, 0.1) is 18.3 Å². The number of aromatic nitrogens is 1. The molecule has 3 rings (SSSR count). The first kappa shape index (κ1) is 19.3. The Balaban J connectivity index is 1.66. The summed E-state index contributed by atoms with van der Waals surface area (Å²) in [5.74, 6) is 0.320. The molecule has 8 heteroatoms. The summed E-state index contributed by atoms with van der Waals surface area (Å²) in [5.41, 5.74) is 3.63. The molecule has 0 saturated heterocycles. The predicted molar refractivity (Wildman–Crippen MR) is 105 cm³/mol. The lowest BCUT2D eigenvalue weighted by Crippen LogP contribution is -2.23. The topological polar surface area (TPSA) is 60.5 Å². The van der Waals surface area contributed by atoms with Crippen molar-refractivity contribution < 1.29 is 18.7 Å². The van der Waals surface area contributed by atoms with Gasteiger partial charge in [0.2, 0.25) is 0 Å². The van der Waals surface area contributed by atoms with Gasteiger partial charge in [0.25, 0.3) is 5.91 Å². The molecule has 140 valence electrons. The van der Waals surface area contributed by atoms with Crippen molar-refractivity contribution in [2.24, 2.45) is 0 Å². The van der Waals surface area contributed by atoms with E-state index in [0.29, 0.717) is 29.2 Å². The van der Waals surface area contributed by atoms with Crippen LogP contribution < -0.4 is 14.8 Å². The standard InChI is InChI=1S/C19H16BrFN2O3S/c1-25-18-7-12(2-5-17(18)26-9-15-10-27-11-23-15)19(24)22-8-13-6-14(21)3-4-16(13)20/h2-7,10-11H,8-9H2,1H3,(H,22,24). The van der Waals surface area contributed by atoms with Crippen LogP contribution in [0.25, 0.3) is 0 Å². The van der Waals surface area contributed by atoms with Crippen LogP contribution in [-0.4, -0.2) is 18.0 Å². The second-order valence-electron chi connectivity index (χ2n) is 5.55. The molecule has 5 nitrogen and oxygen atoms in total. The van der Waals surface area contributed by atoms with Crippen LogP contribution in [0.15, 0.2) is 51.8 Å². The molecule has 2 aromatic carbocycles. The van der Waals surface area contributed by atoms with Crippen molar-refractivity contribution in [3.8, 4) is 11.5 Å². The van der Waals surface area contributed by atoms with Crippen LogP contribution in [0.3, 0.4) is 0 Å². The number of methoxy groups -OCH3 is 1. The van der Waals surface area contributed by atoms with Crippen molar-refractivity contribution >= 4 is 33.2 Å². The van der Waals surface area contributed by atoms with Crippen LogP contribution in [0.4, 0.5) is 4.39 Å². The SMILES string of the molecule is COc1cc(C(=O)NCc2cc(F)ccc2Br)ccc1OCc1cscn1. The molecule has 0 radical (unpaired) electrons. The van der Waals surface area contributed by atoms with Crippen LogP contribution in [0.2, 0.25) is 0 Å². The van der Waals surface area contributed by atoms with Crippen LogP contribution in [0, 0.1) is 5.82 Å². The Morgan fingerprint density at radius 2 is 2.11 bits per heavy atom. The number of hydrogen-bond donors (Lipinski definition) is 1. The Labute approximate surface area is 168 Å². The van der Waals surface area contributed by atoms with E-state index in [0.717, 1.165) is 10.2 Å². The zero-order chi connectivity index (χ0) is 19.2. The molecule has 0 fully saturated rings. The minimum Gasteiger partial charge on any atom is -0.493 e. The minimum atomic E-state index is -0.356. The van der Waals surface area contributed by atoms with E-state index >= 15 is 0 Å². The maximum absolute atomic E-state index is 13.3. The summed E-state index contributed by atoms with van der Waals surface area (Å²) in [6.45, 7) is 0.514. The van der Waals surface area contributed by atoms with Crippen molar-refractivity contribution in [3.05, 3.63) is 74.4 Å². The molecule has 1 N–H and O–H groups in total. The molecule has 0 aliphatic carbocycles. The van der Waals surface area contributed by atoms with E-state index in [9.17, 15) is 9.18 Å². The molecular weight excluding hydrogens is 435 g/mol. The van der Waals surface area contributed by atoms with E-state index in [4.69, 9.17) is 9.47 Å². The fraction of sp³-hybridized carbons (Fsp3) is 0.158. The van der Waals surface area contributed by atoms with Gasteiger partial charge >= 0.3 is 0 Å². The molecule has 0 unspecified atom stereocenters. The Morgan fingerprint density at radius 1 is 1.26 bits per heavy atom. The number of ether oxygens (including phenoxy) is 2. The van der Waals surface area contributed by atoms with Gasteiger partial charge in [-0.15, -0.1) is 11.3 Å². The quantitative estimate of drug-likeness (QED) is 0.572. The zero-order valence-electron chi connectivity index (χ0n) is 14.4. The van der Waals surface area contributed by atoms with Gasteiger partial charge in [0.15, 0.2) is 11.5 Å².